The van der Waals surface area contributed by atoms with Gasteiger partial charge in [0.05, 0.1) is 7.11 Å². The van der Waals surface area contributed by atoms with Crippen molar-refractivity contribution in [3.63, 3.8) is 0 Å². The fraction of sp³-hybridized carbons (Fsp3) is 0.133. The molecule has 2 aromatic rings. The number of carbonyl (C=O) groups is 1. The lowest BCUT2D eigenvalue weighted by molar-refractivity contribution is -0.133. The van der Waals surface area contributed by atoms with Gasteiger partial charge in [-0.25, -0.2) is 4.39 Å². The lowest BCUT2D eigenvalue weighted by Crippen LogP contribution is -2.42. The standard InChI is InChI=1S/C15H14FNO3/c1-20-13-9-11(7-8-12(13)16)15(19,14(17)18)10-5-3-2-4-6-10/h2-9,19H,1H3,(H2,17,18). The molecule has 1 amide bonds. The van der Waals surface area contributed by atoms with Crippen LogP contribution in [0.3, 0.4) is 0 Å². The summed E-state index contributed by atoms with van der Waals surface area (Å²) in [7, 11) is 1.30. The van der Waals surface area contributed by atoms with Crippen LogP contribution in [0.4, 0.5) is 4.39 Å². The van der Waals surface area contributed by atoms with Gasteiger partial charge in [0.2, 0.25) is 0 Å². The first-order chi connectivity index (χ1) is 9.50. The Labute approximate surface area is 115 Å². The molecule has 0 saturated carbocycles. The van der Waals surface area contributed by atoms with Crippen molar-refractivity contribution < 1.29 is 19.0 Å². The van der Waals surface area contributed by atoms with E-state index in [9.17, 15) is 14.3 Å². The molecular weight excluding hydrogens is 261 g/mol. The third kappa shape index (κ3) is 2.23. The summed E-state index contributed by atoms with van der Waals surface area (Å²) in [5.41, 5.74) is 3.76. The number of primary amides is 1. The van der Waals surface area contributed by atoms with Gasteiger partial charge in [-0.3, -0.25) is 4.79 Å². The van der Waals surface area contributed by atoms with E-state index in [1.54, 1.807) is 30.3 Å². The van der Waals surface area contributed by atoms with Gasteiger partial charge in [0.15, 0.2) is 17.2 Å². The van der Waals surface area contributed by atoms with Gasteiger partial charge in [0.25, 0.3) is 5.91 Å². The maximum atomic E-state index is 13.4. The van der Waals surface area contributed by atoms with Crippen LogP contribution in [-0.2, 0) is 10.4 Å². The minimum atomic E-state index is -2.04. The SMILES string of the molecule is COc1cc(C(O)(C(N)=O)c2ccccc2)ccc1F. The van der Waals surface area contributed by atoms with Gasteiger partial charge >= 0.3 is 0 Å². The van der Waals surface area contributed by atoms with E-state index in [-0.39, 0.29) is 11.3 Å². The van der Waals surface area contributed by atoms with E-state index in [0.717, 1.165) is 6.07 Å². The Balaban J connectivity index is 2.63. The Hall–Kier alpha value is -2.40. The number of hydrogen-bond acceptors (Lipinski definition) is 3. The Morgan fingerprint density at radius 3 is 2.40 bits per heavy atom. The molecule has 1 unspecified atom stereocenters. The van der Waals surface area contributed by atoms with E-state index < -0.39 is 17.3 Å². The maximum absolute atomic E-state index is 13.4. The molecular formula is C15H14FNO3. The lowest BCUT2D eigenvalue weighted by atomic mass is 9.85. The summed E-state index contributed by atoms with van der Waals surface area (Å²) in [5.74, 6) is -1.61. The first kappa shape index (κ1) is 14.0. The number of aliphatic hydroxyl groups is 1. The molecule has 0 aliphatic heterocycles. The summed E-state index contributed by atoms with van der Waals surface area (Å²) in [5, 5.41) is 10.7. The Morgan fingerprint density at radius 1 is 1.20 bits per heavy atom. The Morgan fingerprint density at radius 2 is 1.85 bits per heavy atom. The molecule has 4 nitrogen and oxygen atoms in total. The molecule has 2 aromatic carbocycles. The molecule has 0 fully saturated rings. The normalized spacial score (nSPS) is 13.6. The fourth-order valence-corrected chi connectivity index (χ4v) is 2.02. The quantitative estimate of drug-likeness (QED) is 0.889. The summed E-state index contributed by atoms with van der Waals surface area (Å²) in [6, 6.07) is 11.9. The predicted octanol–water partition coefficient (Wildman–Crippen LogP) is 1.56. The molecule has 5 heteroatoms. The van der Waals surface area contributed by atoms with Crippen molar-refractivity contribution in [2.75, 3.05) is 7.11 Å². The van der Waals surface area contributed by atoms with E-state index in [0.29, 0.717) is 5.56 Å². The number of nitrogens with two attached hydrogens (primary N) is 1. The molecule has 20 heavy (non-hydrogen) atoms. The highest BCUT2D eigenvalue weighted by Gasteiger charge is 2.38. The van der Waals surface area contributed by atoms with E-state index in [1.165, 1.54) is 19.2 Å². The highest BCUT2D eigenvalue weighted by atomic mass is 19.1. The van der Waals surface area contributed by atoms with Crippen molar-refractivity contribution in [2.24, 2.45) is 5.73 Å². The maximum Gasteiger partial charge on any atom is 0.258 e. The lowest BCUT2D eigenvalue weighted by Gasteiger charge is -2.26. The average Bonchev–Trinajstić information content (AvgIpc) is 2.47. The number of halogens is 1. The minimum absolute atomic E-state index is 0.0712. The summed E-state index contributed by atoms with van der Waals surface area (Å²) in [4.78, 5) is 11.7. The van der Waals surface area contributed by atoms with Crippen LogP contribution in [-0.4, -0.2) is 18.1 Å². The van der Waals surface area contributed by atoms with Crippen molar-refractivity contribution in [2.45, 2.75) is 5.60 Å². The van der Waals surface area contributed by atoms with E-state index in [4.69, 9.17) is 10.5 Å². The minimum Gasteiger partial charge on any atom is -0.494 e. The molecule has 0 aliphatic rings. The molecule has 0 aromatic heterocycles. The van der Waals surface area contributed by atoms with Crippen LogP contribution in [0, 0.1) is 5.82 Å². The molecule has 3 N–H and O–H groups in total. The van der Waals surface area contributed by atoms with Gasteiger partial charge < -0.3 is 15.6 Å². The van der Waals surface area contributed by atoms with Crippen LogP contribution in [0.5, 0.6) is 5.75 Å². The molecule has 104 valence electrons. The van der Waals surface area contributed by atoms with Gasteiger partial charge in [-0.05, 0) is 17.7 Å². The van der Waals surface area contributed by atoms with Crippen molar-refractivity contribution in [3.8, 4) is 5.75 Å². The summed E-state index contributed by atoms with van der Waals surface area (Å²) >= 11 is 0. The summed E-state index contributed by atoms with van der Waals surface area (Å²) < 4.78 is 18.3. The number of amides is 1. The van der Waals surface area contributed by atoms with Crippen molar-refractivity contribution in [1.29, 1.82) is 0 Å². The number of ether oxygens (including phenoxy) is 1. The summed E-state index contributed by atoms with van der Waals surface area (Å²) in [6.07, 6.45) is 0. The zero-order valence-corrected chi connectivity index (χ0v) is 10.8. The van der Waals surface area contributed by atoms with Gasteiger partial charge in [0.1, 0.15) is 0 Å². The Bertz CT molecular complexity index is 630. The van der Waals surface area contributed by atoms with Crippen molar-refractivity contribution in [3.05, 3.63) is 65.5 Å². The third-order valence-electron chi connectivity index (χ3n) is 3.12. The van der Waals surface area contributed by atoms with Gasteiger partial charge in [0, 0.05) is 5.56 Å². The third-order valence-corrected chi connectivity index (χ3v) is 3.12. The fourth-order valence-electron chi connectivity index (χ4n) is 2.02. The monoisotopic (exact) mass is 275 g/mol. The van der Waals surface area contributed by atoms with Crippen LogP contribution >= 0.6 is 0 Å². The van der Waals surface area contributed by atoms with E-state index in [2.05, 4.69) is 0 Å². The molecule has 0 aliphatic carbocycles. The predicted molar refractivity (Wildman–Crippen MR) is 71.6 cm³/mol. The number of methoxy groups -OCH3 is 1. The second-order valence-corrected chi connectivity index (χ2v) is 4.29. The number of benzene rings is 2. The number of hydrogen-bond donors (Lipinski definition) is 2. The molecule has 0 bridgehead atoms. The van der Waals surface area contributed by atoms with Crippen LogP contribution in [0.15, 0.2) is 48.5 Å². The molecule has 0 radical (unpaired) electrons. The largest absolute Gasteiger partial charge is 0.494 e. The average molecular weight is 275 g/mol. The first-order valence-corrected chi connectivity index (χ1v) is 5.92. The first-order valence-electron chi connectivity index (χ1n) is 5.92. The van der Waals surface area contributed by atoms with E-state index >= 15 is 0 Å². The smallest absolute Gasteiger partial charge is 0.258 e. The highest BCUT2D eigenvalue weighted by molar-refractivity contribution is 5.88. The Kier molecular flexibility index (Phi) is 3.72. The van der Waals surface area contributed by atoms with E-state index in [1.807, 2.05) is 0 Å². The molecule has 2 rings (SSSR count). The van der Waals surface area contributed by atoms with Gasteiger partial charge in [-0.2, -0.15) is 0 Å². The summed E-state index contributed by atoms with van der Waals surface area (Å²) in [6.45, 7) is 0. The zero-order chi connectivity index (χ0) is 14.8. The highest BCUT2D eigenvalue weighted by Crippen LogP contribution is 2.32. The van der Waals surface area contributed by atoms with Crippen LogP contribution < -0.4 is 10.5 Å². The second-order valence-electron chi connectivity index (χ2n) is 4.29. The number of carbonyl (C=O) groups excluding carboxylic acids is 1. The van der Waals surface area contributed by atoms with Crippen molar-refractivity contribution >= 4 is 5.91 Å². The van der Waals surface area contributed by atoms with Gasteiger partial charge in [-0.15, -0.1) is 0 Å². The van der Waals surface area contributed by atoms with Crippen LogP contribution in [0.25, 0.3) is 0 Å². The molecule has 0 spiro atoms. The molecule has 0 heterocycles. The second kappa shape index (κ2) is 5.30. The molecule has 1 atom stereocenters. The van der Waals surface area contributed by atoms with Gasteiger partial charge in [-0.1, -0.05) is 36.4 Å². The molecule has 0 saturated heterocycles. The van der Waals surface area contributed by atoms with Crippen LogP contribution in [0.2, 0.25) is 0 Å². The van der Waals surface area contributed by atoms with Crippen molar-refractivity contribution in [1.82, 2.24) is 0 Å². The van der Waals surface area contributed by atoms with Crippen LogP contribution in [0.1, 0.15) is 11.1 Å². The number of rotatable bonds is 4. The zero-order valence-electron chi connectivity index (χ0n) is 10.8. The topological polar surface area (TPSA) is 72.6 Å².